The van der Waals surface area contributed by atoms with Crippen molar-refractivity contribution in [3.05, 3.63) is 62.9 Å². The number of para-hydroxylation sites is 1. The maximum Gasteiger partial charge on any atom is 0.329 e. The molecule has 7 heterocycles. The number of rotatable bonds is 10. The lowest BCUT2D eigenvalue weighted by Crippen LogP contribution is -2.51. The van der Waals surface area contributed by atoms with Gasteiger partial charge in [-0.15, -0.1) is 0 Å². The lowest BCUT2D eigenvalue weighted by Gasteiger charge is -2.39. The lowest BCUT2D eigenvalue weighted by atomic mass is 9.96. The van der Waals surface area contributed by atoms with E-state index in [9.17, 15) is 27.6 Å². The summed E-state index contributed by atoms with van der Waals surface area (Å²) in [5, 5.41) is 6.61. The molecule has 62 heavy (non-hydrogen) atoms. The monoisotopic (exact) mass is 868 g/mol. The van der Waals surface area contributed by atoms with E-state index >= 15 is 0 Å². The number of piperidine rings is 4. The molecule has 17 nitrogen and oxygen atoms in total. The molecule has 330 valence electrons. The van der Waals surface area contributed by atoms with Crippen LogP contribution in [0.15, 0.2) is 46.1 Å². The molecule has 0 radical (unpaired) electrons. The van der Waals surface area contributed by atoms with Gasteiger partial charge in [-0.1, -0.05) is 30.7 Å². The number of carbonyl (C=O) groups is 2. The SMILES string of the molecule is Cn1c(=O)n(C2CCC(=O)NC2=O)c2cccc(C#CCOC3CCN(CC4CCN(S(=O)(=O)N5CCC(Nc6ncc7ccc(=O)n(C8CCCC8)c7n6)CC5)CC4)CC3)c21. The minimum atomic E-state index is -3.56. The standard InChI is InChI=1S/C44H56N10O7S/c1-49-40-31(6-4-10-36(40)54(44(49)58)37-12-13-38(55)47-42(37)57)7-5-27-61-35-19-21-50(22-20-35)29-30-15-23-51(24-16-30)62(59,60)52-25-17-33(18-26-52)46-43-45-28-32-11-14-39(56)53(41(32)48-43)34-8-2-3-9-34/h4,6,10-11,14,28,30,33-35,37H,2-3,8-9,12-13,15-27,29H2,1H3,(H,45,46,48)(H,47,55,57). The topological polar surface area (TPSA) is 186 Å². The van der Waals surface area contributed by atoms with E-state index in [0.29, 0.717) is 73.1 Å². The maximum atomic E-state index is 13.7. The Morgan fingerprint density at radius 2 is 1.58 bits per heavy atom. The van der Waals surface area contributed by atoms with Crippen molar-refractivity contribution in [1.82, 2.24) is 42.5 Å². The number of hydrogen-bond donors (Lipinski definition) is 2. The molecule has 5 fully saturated rings. The molecule has 18 heteroatoms. The zero-order valence-electron chi connectivity index (χ0n) is 35.3. The number of aromatic nitrogens is 5. The third kappa shape index (κ3) is 8.70. The summed E-state index contributed by atoms with van der Waals surface area (Å²) in [6.07, 6.45) is 11.3. The number of benzene rings is 1. The minimum absolute atomic E-state index is 0.0324. The van der Waals surface area contributed by atoms with Gasteiger partial charge < -0.3 is 15.0 Å². The normalized spacial score (nSPS) is 22.3. The van der Waals surface area contributed by atoms with Crippen LogP contribution in [0.2, 0.25) is 0 Å². The maximum absolute atomic E-state index is 13.7. The molecule has 3 aromatic heterocycles. The molecule has 9 rings (SSSR count). The molecule has 4 saturated heterocycles. The van der Waals surface area contributed by atoms with Gasteiger partial charge in [-0.3, -0.25) is 33.4 Å². The predicted octanol–water partition coefficient (Wildman–Crippen LogP) is 2.90. The molecule has 2 N–H and O–H groups in total. The fourth-order valence-corrected chi connectivity index (χ4v) is 11.9. The Balaban J connectivity index is 0.706. The lowest BCUT2D eigenvalue weighted by molar-refractivity contribution is -0.135. The average molecular weight is 869 g/mol. The Morgan fingerprint density at radius 3 is 2.31 bits per heavy atom. The Kier molecular flexibility index (Phi) is 12.3. The van der Waals surface area contributed by atoms with Gasteiger partial charge in [0, 0.05) is 89.0 Å². The van der Waals surface area contributed by atoms with Crippen molar-refractivity contribution in [1.29, 1.82) is 0 Å². The largest absolute Gasteiger partial charge is 0.365 e. The number of carbonyl (C=O) groups excluding carboxylic acids is 2. The molecule has 1 saturated carbocycles. The highest BCUT2D eigenvalue weighted by atomic mass is 32.2. The molecule has 0 spiro atoms. The van der Waals surface area contributed by atoms with E-state index in [0.717, 1.165) is 76.4 Å². The van der Waals surface area contributed by atoms with E-state index < -0.39 is 22.2 Å². The summed E-state index contributed by atoms with van der Waals surface area (Å²) in [6.45, 7) is 4.96. The fraction of sp³-hybridized carbons (Fsp3) is 0.591. The number of imide groups is 1. The number of hydrogen-bond acceptors (Lipinski definition) is 11. The summed E-state index contributed by atoms with van der Waals surface area (Å²) in [7, 11) is -1.89. The van der Waals surface area contributed by atoms with Gasteiger partial charge in [0.05, 0.1) is 22.7 Å². The number of aryl methyl sites for hydroxylation is 1. The molecule has 4 aliphatic heterocycles. The first-order valence-corrected chi connectivity index (χ1v) is 23.7. The van der Waals surface area contributed by atoms with Gasteiger partial charge in [0.2, 0.25) is 17.8 Å². The second-order valence-corrected chi connectivity index (χ2v) is 19.5. The molecule has 0 bridgehead atoms. The number of ether oxygens (including phenoxy) is 1. The first-order valence-electron chi connectivity index (χ1n) is 22.3. The summed E-state index contributed by atoms with van der Waals surface area (Å²) in [5.41, 5.74) is 2.22. The third-order valence-electron chi connectivity index (χ3n) is 13.7. The second kappa shape index (κ2) is 18.0. The summed E-state index contributed by atoms with van der Waals surface area (Å²) in [4.78, 5) is 62.1. The predicted molar refractivity (Wildman–Crippen MR) is 234 cm³/mol. The van der Waals surface area contributed by atoms with Crippen LogP contribution in [0.4, 0.5) is 5.95 Å². The van der Waals surface area contributed by atoms with Crippen molar-refractivity contribution < 1.29 is 22.7 Å². The highest BCUT2D eigenvalue weighted by molar-refractivity contribution is 7.86. The Hall–Kier alpha value is -4.93. The van der Waals surface area contributed by atoms with Crippen LogP contribution >= 0.6 is 0 Å². The van der Waals surface area contributed by atoms with E-state index in [1.807, 2.05) is 16.7 Å². The number of anilines is 1. The van der Waals surface area contributed by atoms with Crippen LogP contribution < -0.4 is 21.9 Å². The highest BCUT2D eigenvalue weighted by Gasteiger charge is 2.36. The number of imidazole rings is 1. The number of nitrogens with zero attached hydrogens (tertiary/aromatic N) is 8. The number of likely N-dealkylation sites (tertiary alicyclic amines) is 1. The van der Waals surface area contributed by atoms with E-state index in [2.05, 4.69) is 32.4 Å². The molecule has 1 aromatic carbocycles. The number of amides is 2. The van der Waals surface area contributed by atoms with Gasteiger partial charge >= 0.3 is 5.69 Å². The van der Waals surface area contributed by atoms with Gasteiger partial charge in [-0.05, 0) is 81.9 Å². The molecule has 1 atom stereocenters. The van der Waals surface area contributed by atoms with Gasteiger partial charge in [-0.2, -0.15) is 22.0 Å². The average Bonchev–Trinajstić information content (AvgIpc) is 3.89. The fourth-order valence-electron chi connectivity index (χ4n) is 10.2. The molecule has 2 amide bonds. The summed E-state index contributed by atoms with van der Waals surface area (Å²) >= 11 is 0. The Bertz CT molecular complexity index is 2620. The zero-order valence-corrected chi connectivity index (χ0v) is 36.2. The number of nitrogens with one attached hydrogen (secondary N) is 2. The number of fused-ring (bicyclic) bond motifs is 2. The van der Waals surface area contributed by atoms with Crippen molar-refractivity contribution in [2.45, 2.75) is 101 Å². The van der Waals surface area contributed by atoms with E-state index in [-0.39, 0.29) is 54.8 Å². The van der Waals surface area contributed by atoms with Crippen LogP contribution in [0.5, 0.6) is 0 Å². The van der Waals surface area contributed by atoms with Crippen molar-refractivity contribution in [2.75, 3.05) is 57.7 Å². The van der Waals surface area contributed by atoms with E-state index in [1.165, 1.54) is 9.13 Å². The van der Waals surface area contributed by atoms with Crippen LogP contribution in [0.3, 0.4) is 0 Å². The summed E-state index contributed by atoms with van der Waals surface area (Å²) < 4.78 is 41.7. The van der Waals surface area contributed by atoms with Crippen molar-refractivity contribution in [3.63, 3.8) is 0 Å². The minimum Gasteiger partial charge on any atom is -0.365 e. The van der Waals surface area contributed by atoms with Crippen molar-refractivity contribution in [3.8, 4) is 11.8 Å². The zero-order chi connectivity index (χ0) is 43.0. The smallest absolute Gasteiger partial charge is 0.329 e. The van der Waals surface area contributed by atoms with Crippen LogP contribution in [0, 0.1) is 17.8 Å². The van der Waals surface area contributed by atoms with Gasteiger partial charge in [0.15, 0.2) is 0 Å². The van der Waals surface area contributed by atoms with Gasteiger partial charge in [-0.25, -0.2) is 9.78 Å². The van der Waals surface area contributed by atoms with Crippen LogP contribution in [0.25, 0.3) is 22.1 Å². The Labute approximate surface area is 361 Å². The van der Waals surface area contributed by atoms with Crippen LogP contribution in [0.1, 0.15) is 94.7 Å². The molecule has 1 aliphatic carbocycles. The van der Waals surface area contributed by atoms with Crippen LogP contribution in [-0.2, 0) is 31.6 Å². The molecule has 1 unspecified atom stereocenters. The van der Waals surface area contributed by atoms with Crippen molar-refractivity contribution >= 4 is 50.0 Å². The summed E-state index contributed by atoms with van der Waals surface area (Å²) in [5.74, 6) is 6.42. The first-order chi connectivity index (χ1) is 30.0. The number of pyridine rings is 1. The summed E-state index contributed by atoms with van der Waals surface area (Å²) in [6, 6.07) is 8.30. The van der Waals surface area contributed by atoms with Gasteiger partial charge in [0.1, 0.15) is 18.3 Å². The van der Waals surface area contributed by atoms with Crippen LogP contribution in [-0.4, -0.2) is 122 Å². The molecular formula is C44H56N10O7S. The Morgan fingerprint density at radius 1 is 0.855 bits per heavy atom. The van der Waals surface area contributed by atoms with Gasteiger partial charge in [0.25, 0.3) is 15.8 Å². The molecular weight excluding hydrogens is 813 g/mol. The third-order valence-corrected chi connectivity index (χ3v) is 15.7. The second-order valence-electron chi connectivity index (χ2n) is 17.6. The van der Waals surface area contributed by atoms with E-state index in [1.54, 1.807) is 40.1 Å². The molecule has 4 aromatic rings. The quantitative estimate of drug-likeness (QED) is 0.177. The van der Waals surface area contributed by atoms with E-state index in [4.69, 9.17) is 9.72 Å². The van der Waals surface area contributed by atoms with Crippen molar-refractivity contribution in [2.24, 2.45) is 13.0 Å². The first kappa shape index (κ1) is 42.4. The highest BCUT2D eigenvalue weighted by Crippen LogP contribution is 2.31. The molecule has 5 aliphatic rings.